The number of carbonyl (C=O) groups is 6. The van der Waals surface area contributed by atoms with Crippen LogP contribution >= 0.6 is 12.6 Å². The fraction of sp³-hybridized carbons (Fsp3) is 0.800. The summed E-state index contributed by atoms with van der Waals surface area (Å²) >= 11 is 4.57. The minimum absolute atomic E-state index is 0.0182. The molecule has 14 nitrogen and oxygen atoms in total. The van der Waals surface area contributed by atoms with Crippen LogP contribution in [0.15, 0.2) is 0 Å². The van der Waals surface area contributed by atoms with Crippen LogP contribution in [-0.4, -0.2) is 95.6 Å². The van der Waals surface area contributed by atoms with Gasteiger partial charge in [0.15, 0.2) is 0 Å². The number of thiol groups is 1. The summed E-state index contributed by atoms with van der Waals surface area (Å²) in [5, 5.41) is 22.3. The van der Waals surface area contributed by atoms with Crippen LogP contribution in [0, 0.1) is 17.8 Å². The highest BCUT2D eigenvalue weighted by atomic mass is 32.1. The molecule has 1 aliphatic rings. The molecule has 1 saturated heterocycles. The molecule has 258 valence electrons. The lowest BCUT2D eigenvalue weighted by Gasteiger charge is -2.30. The van der Waals surface area contributed by atoms with Crippen molar-refractivity contribution < 1.29 is 43.3 Å². The van der Waals surface area contributed by atoms with Gasteiger partial charge in [0.2, 0.25) is 23.6 Å². The first-order chi connectivity index (χ1) is 20.9. The Bertz CT molecular complexity index is 1030. The molecule has 0 aromatic rings. The van der Waals surface area contributed by atoms with E-state index in [1.165, 1.54) is 0 Å². The molecule has 1 fully saturated rings. The predicted molar refractivity (Wildman–Crippen MR) is 170 cm³/mol. The second-order valence-corrected chi connectivity index (χ2v) is 13.7. The highest BCUT2D eigenvalue weighted by Crippen LogP contribution is 2.22. The molecule has 0 spiro atoms. The number of aliphatic hydroxyl groups is 1. The van der Waals surface area contributed by atoms with E-state index in [1.807, 2.05) is 13.8 Å². The van der Waals surface area contributed by atoms with E-state index >= 15 is 0 Å². The second-order valence-electron chi connectivity index (χ2n) is 13.0. The zero-order valence-electron chi connectivity index (χ0n) is 27.7. The van der Waals surface area contributed by atoms with Gasteiger partial charge in [0.1, 0.15) is 23.7 Å². The summed E-state index contributed by atoms with van der Waals surface area (Å²) in [6.07, 6.45) is 0.0609. The first kappa shape index (κ1) is 40.0. The van der Waals surface area contributed by atoms with Crippen molar-refractivity contribution in [3.05, 3.63) is 0 Å². The molecule has 0 aromatic heterocycles. The van der Waals surface area contributed by atoms with Gasteiger partial charge in [-0.15, -0.1) is 0 Å². The fourth-order valence-electron chi connectivity index (χ4n) is 4.70. The standard InChI is InChI=1S/C30H53N5O9S/c1-9-43-23(37)14-22(45)19(13-18-10-11-31-25(18)38)32-26(39)20(12-16(2)3)33-28(41)24(17(4)5)35-27(40)21(15-36)34-29(42)44-30(6,7)8/h16-22,24,36,45H,9-15H2,1-8H3,(H,31,38)(H,32,39)(H,33,41)(H,34,42)(H,35,40)/t18-,19-,20-,21-,22-,24-/m0/s1. The summed E-state index contributed by atoms with van der Waals surface area (Å²) in [5.41, 5.74) is -0.832. The van der Waals surface area contributed by atoms with E-state index in [-0.39, 0.29) is 43.6 Å². The molecule has 0 unspecified atom stereocenters. The Hall–Kier alpha value is -3.07. The van der Waals surface area contributed by atoms with Crippen LogP contribution in [0.25, 0.3) is 0 Å². The van der Waals surface area contributed by atoms with Crippen LogP contribution in [0.2, 0.25) is 0 Å². The fourth-order valence-corrected chi connectivity index (χ4v) is 5.05. The van der Waals surface area contributed by atoms with Gasteiger partial charge in [0, 0.05) is 23.8 Å². The van der Waals surface area contributed by atoms with Gasteiger partial charge in [0.25, 0.3) is 0 Å². The average molecular weight is 660 g/mol. The number of alkyl carbamates (subject to hydrolysis) is 1. The van der Waals surface area contributed by atoms with Gasteiger partial charge in [0.05, 0.1) is 19.6 Å². The molecule has 0 aromatic carbocycles. The predicted octanol–water partition coefficient (Wildman–Crippen LogP) is 0.806. The first-order valence-electron chi connectivity index (χ1n) is 15.5. The number of carbonyl (C=O) groups excluding carboxylic acids is 6. The van der Waals surface area contributed by atoms with E-state index < -0.39 is 77.3 Å². The van der Waals surface area contributed by atoms with Crippen molar-refractivity contribution in [2.45, 2.75) is 116 Å². The van der Waals surface area contributed by atoms with E-state index in [1.54, 1.807) is 41.5 Å². The van der Waals surface area contributed by atoms with Crippen LogP contribution in [0.5, 0.6) is 0 Å². The maximum absolute atomic E-state index is 13.6. The van der Waals surface area contributed by atoms with E-state index in [0.29, 0.717) is 13.0 Å². The molecule has 45 heavy (non-hydrogen) atoms. The molecule has 5 amide bonds. The van der Waals surface area contributed by atoms with Gasteiger partial charge in [-0.1, -0.05) is 27.7 Å². The third kappa shape index (κ3) is 14.7. The summed E-state index contributed by atoms with van der Waals surface area (Å²) in [5.74, 6) is -3.44. The van der Waals surface area contributed by atoms with Crippen molar-refractivity contribution in [1.29, 1.82) is 0 Å². The number of aliphatic hydroxyl groups excluding tert-OH is 1. The molecule has 6 atom stereocenters. The Labute approximate surface area is 271 Å². The lowest BCUT2D eigenvalue weighted by molar-refractivity contribution is -0.143. The summed E-state index contributed by atoms with van der Waals surface area (Å²) in [7, 11) is 0. The number of hydrogen-bond donors (Lipinski definition) is 7. The molecule has 0 saturated carbocycles. The maximum atomic E-state index is 13.6. The van der Waals surface area contributed by atoms with Gasteiger partial charge in [-0.05, 0) is 58.8 Å². The van der Waals surface area contributed by atoms with Gasteiger partial charge in [-0.2, -0.15) is 12.6 Å². The second kappa shape index (κ2) is 18.8. The maximum Gasteiger partial charge on any atom is 0.408 e. The zero-order valence-corrected chi connectivity index (χ0v) is 28.6. The van der Waals surface area contributed by atoms with Crippen molar-refractivity contribution in [1.82, 2.24) is 26.6 Å². The van der Waals surface area contributed by atoms with Crippen molar-refractivity contribution in [3.8, 4) is 0 Å². The largest absolute Gasteiger partial charge is 0.466 e. The smallest absolute Gasteiger partial charge is 0.408 e. The Morgan fingerprint density at radius 3 is 2.09 bits per heavy atom. The highest BCUT2D eigenvalue weighted by Gasteiger charge is 2.35. The summed E-state index contributed by atoms with van der Waals surface area (Å²) in [4.78, 5) is 76.7. The monoisotopic (exact) mass is 659 g/mol. The Balaban J connectivity index is 3.10. The van der Waals surface area contributed by atoms with Crippen LogP contribution in [0.3, 0.4) is 0 Å². The Kier molecular flexibility index (Phi) is 16.7. The van der Waals surface area contributed by atoms with Crippen molar-refractivity contribution in [2.75, 3.05) is 19.8 Å². The van der Waals surface area contributed by atoms with E-state index in [9.17, 15) is 33.9 Å². The summed E-state index contributed by atoms with van der Waals surface area (Å²) < 4.78 is 10.2. The normalized spacial score (nSPS) is 18.2. The number of rotatable bonds is 17. The summed E-state index contributed by atoms with van der Waals surface area (Å²) in [6, 6.07) is -4.21. The molecule has 1 aliphatic heterocycles. The minimum Gasteiger partial charge on any atom is -0.466 e. The first-order valence-corrected chi connectivity index (χ1v) is 16.0. The van der Waals surface area contributed by atoms with Crippen LogP contribution in [0.1, 0.15) is 81.1 Å². The molecule has 1 rings (SSSR count). The molecule has 0 aliphatic carbocycles. The van der Waals surface area contributed by atoms with E-state index in [2.05, 4.69) is 39.2 Å². The highest BCUT2D eigenvalue weighted by molar-refractivity contribution is 7.81. The van der Waals surface area contributed by atoms with Crippen LogP contribution < -0.4 is 26.6 Å². The number of nitrogens with one attached hydrogen (secondary N) is 5. The third-order valence-corrected chi connectivity index (χ3v) is 7.49. The molecule has 0 radical (unpaired) electrons. The minimum atomic E-state index is -1.39. The van der Waals surface area contributed by atoms with Crippen molar-refractivity contribution >= 4 is 48.3 Å². The van der Waals surface area contributed by atoms with Crippen LogP contribution in [0.4, 0.5) is 4.79 Å². The van der Waals surface area contributed by atoms with Gasteiger partial charge < -0.3 is 41.2 Å². The molecule has 0 bridgehead atoms. The SMILES string of the molecule is CCOC(=O)C[C@H](S)[C@H](C[C@@H]1CCNC1=O)NC(=O)[C@H](CC(C)C)NC(=O)[C@@H](NC(=O)[C@H](CO)NC(=O)OC(C)(C)C)C(C)C. The quantitative estimate of drug-likeness (QED) is 0.0872. The number of esters is 1. The summed E-state index contributed by atoms with van der Waals surface area (Å²) in [6.45, 7) is 13.7. The topological polar surface area (TPSA) is 201 Å². The molecular formula is C30H53N5O9S. The van der Waals surface area contributed by atoms with E-state index in [4.69, 9.17) is 9.47 Å². The molecule has 15 heteroatoms. The average Bonchev–Trinajstić information content (AvgIpc) is 3.31. The van der Waals surface area contributed by atoms with Crippen LogP contribution in [-0.2, 0) is 33.4 Å². The molecule has 6 N–H and O–H groups in total. The Morgan fingerprint density at radius 1 is 0.978 bits per heavy atom. The van der Waals surface area contributed by atoms with Gasteiger partial charge in [-0.3, -0.25) is 24.0 Å². The third-order valence-electron chi connectivity index (χ3n) is 6.95. The van der Waals surface area contributed by atoms with Crippen molar-refractivity contribution in [3.63, 3.8) is 0 Å². The van der Waals surface area contributed by atoms with Crippen molar-refractivity contribution in [2.24, 2.45) is 17.8 Å². The molecule has 1 heterocycles. The van der Waals surface area contributed by atoms with E-state index in [0.717, 1.165) is 0 Å². The van der Waals surface area contributed by atoms with Gasteiger partial charge in [-0.25, -0.2) is 4.79 Å². The van der Waals surface area contributed by atoms with Gasteiger partial charge >= 0.3 is 12.1 Å². The molecular weight excluding hydrogens is 606 g/mol. The number of ether oxygens (including phenoxy) is 2. The number of amides is 5. The lowest BCUT2D eigenvalue weighted by atomic mass is 9.94. The zero-order chi connectivity index (χ0) is 34.5. The lowest BCUT2D eigenvalue weighted by Crippen LogP contribution is -2.60. The number of hydrogen-bond acceptors (Lipinski definition) is 10. The Morgan fingerprint density at radius 2 is 1.60 bits per heavy atom.